The number of hydrogen-bond acceptors (Lipinski definition) is 3. The zero-order valence-corrected chi connectivity index (χ0v) is 14.9. The van der Waals surface area contributed by atoms with Gasteiger partial charge in [-0.2, -0.15) is 0 Å². The first-order valence-electron chi connectivity index (χ1n) is 8.45. The predicted molar refractivity (Wildman–Crippen MR) is 100 cm³/mol. The lowest BCUT2D eigenvalue weighted by atomic mass is 10.2. The van der Waals surface area contributed by atoms with E-state index in [0.29, 0.717) is 22.4 Å². The topological polar surface area (TPSA) is 68.4 Å². The molecule has 0 fully saturated rings. The van der Waals surface area contributed by atoms with Gasteiger partial charge in [0, 0.05) is 19.8 Å². The fourth-order valence-corrected chi connectivity index (χ4v) is 3.07. The average molecular weight is 364 g/mol. The highest BCUT2D eigenvalue weighted by atomic mass is 19.1. The number of benzene rings is 1. The van der Waals surface area contributed by atoms with E-state index in [4.69, 9.17) is 0 Å². The Balaban J connectivity index is 1.71. The number of carbonyl (C=O) groups is 1. The normalized spacial score (nSPS) is 11.2. The standard InChI is InChI=1S/C20H17FN4O2/c1-12-3-8-17-23-18-15(20(27)25(17)11-12)9-16(24(18)2)19(26)22-10-13-4-6-14(21)7-5-13/h3-9,11H,10H2,1-2H3,(H,22,26). The zero-order valence-electron chi connectivity index (χ0n) is 14.9. The molecule has 0 radical (unpaired) electrons. The summed E-state index contributed by atoms with van der Waals surface area (Å²) in [6.07, 6.45) is 1.73. The highest BCUT2D eigenvalue weighted by Crippen LogP contribution is 2.15. The third kappa shape index (κ3) is 2.97. The first-order valence-corrected chi connectivity index (χ1v) is 8.45. The molecule has 6 nitrogen and oxygen atoms in total. The Kier molecular flexibility index (Phi) is 3.99. The second-order valence-corrected chi connectivity index (χ2v) is 6.49. The maximum atomic E-state index is 13.0. The Morgan fingerprint density at radius 2 is 1.93 bits per heavy atom. The molecule has 1 N–H and O–H groups in total. The summed E-state index contributed by atoms with van der Waals surface area (Å²) in [4.78, 5) is 29.9. The third-order valence-corrected chi connectivity index (χ3v) is 4.54. The van der Waals surface area contributed by atoms with Gasteiger partial charge in [-0.05, 0) is 42.3 Å². The summed E-state index contributed by atoms with van der Waals surface area (Å²) in [5.41, 5.74) is 2.83. The number of amides is 1. The van der Waals surface area contributed by atoms with Crippen molar-refractivity contribution >= 4 is 22.6 Å². The monoisotopic (exact) mass is 364 g/mol. The molecule has 0 bridgehead atoms. The lowest BCUT2D eigenvalue weighted by Gasteiger charge is -2.07. The number of aryl methyl sites for hydroxylation is 2. The van der Waals surface area contributed by atoms with Crippen LogP contribution in [0.1, 0.15) is 21.6 Å². The summed E-state index contributed by atoms with van der Waals surface area (Å²) in [6.45, 7) is 2.16. The average Bonchev–Trinajstić information content (AvgIpc) is 2.99. The van der Waals surface area contributed by atoms with E-state index >= 15 is 0 Å². The summed E-state index contributed by atoms with van der Waals surface area (Å²) in [5, 5.41) is 3.17. The quantitative estimate of drug-likeness (QED) is 0.607. The van der Waals surface area contributed by atoms with Crippen molar-refractivity contribution in [2.24, 2.45) is 7.05 Å². The number of halogens is 1. The van der Waals surface area contributed by atoms with Crippen LogP contribution in [0.5, 0.6) is 0 Å². The van der Waals surface area contributed by atoms with Crippen molar-refractivity contribution in [1.82, 2.24) is 19.3 Å². The van der Waals surface area contributed by atoms with Crippen LogP contribution in [0, 0.1) is 12.7 Å². The lowest BCUT2D eigenvalue weighted by Crippen LogP contribution is -2.24. The van der Waals surface area contributed by atoms with Crippen molar-refractivity contribution in [3.8, 4) is 0 Å². The number of aromatic nitrogens is 3. The van der Waals surface area contributed by atoms with Gasteiger partial charge >= 0.3 is 0 Å². The van der Waals surface area contributed by atoms with E-state index in [9.17, 15) is 14.0 Å². The van der Waals surface area contributed by atoms with Crippen molar-refractivity contribution in [2.45, 2.75) is 13.5 Å². The highest BCUT2D eigenvalue weighted by molar-refractivity contribution is 5.98. The molecule has 3 heterocycles. The first-order chi connectivity index (χ1) is 12.9. The van der Waals surface area contributed by atoms with Crippen molar-refractivity contribution in [3.63, 3.8) is 0 Å². The van der Waals surface area contributed by atoms with E-state index in [-0.39, 0.29) is 23.8 Å². The van der Waals surface area contributed by atoms with E-state index in [0.717, 1.165) is 11.1 Å². The van der Waals surface area contributed by atoms with Crippen molar-refractivity contribution < 1.29 is 9.18 Å². The molecule has 0 atom stereocenters. The molecule has 4 aromatic rings. The number of nitrogens with zero attached hydrogens (tertiary/aromatic N) is 3. The highest BCUT2D eigenvalue weighted by Gasteiger charge is 2.17. The smallest absolute Gasteiger partial charge is 0.268 e. The van der Waals surface area contributed by atoms with E-state index < -0.39 is 0 Å². The van der Waals surface area contributed by atoms with Crippen LogP contribution in [0.15, 0.2) is 53.5 Å². The van der Waals surface area contributed by atoms with Crippen molar-refractivity contribution in [1.29, 1.82) is 0 Å². The Morgan fingerprint density at radius 1 is 1.19 bits per heavy atom. The van der Waals surface area contributed by atoms with Crippen LogP contribution in [0.2, 0.25) is 0 Å². The molecule has 0 saturated carbocycles. The molecule has 1 aromatic carbocycles. The van der Waals surface area contributed by atoms with E-state index in [1.54, 1.807) is 42.1 Å². The van der Waals surface area contributed by atoms with Gasteiger partial charge in [0.05, 0.1) is 5.39 Å². The van der Waals surface area contributed by atoms with Crippen LogP contribution in [-0.4, -0.2) is 19.9 Å². The molecule has 3 aromatic heterocycles. The fourth-order valence-electron chi connectivity index (χ4n) is 3.07. The molecular formula is C20H17FN4O2. The van der Waals surface area contributed by atoms with Gasteiger partial charge in [0.2, 0.25) is 0 Å². The fraction of sp³-hybridized carbons (Fsp3) is 0.150. The van der Waals surface area contributed by atoms with Gasteiger partial charge in [-0.3, -0.25) is 14.0 Å². The second-order valence-electron chi connectivity index (χ2n) is 6.49. The molecule has 0 saturated heterocycles. The third-order valence-electron chi connectivity index (χ3n) is 4.54. The molecule has 136 valence electrons. The van der Waals surface area contributed by atoms with E-state index in [1.165, 1.54) is 16.5 Å². The Hall–Kier alpha value is -3.48. The zero-order chi connectivity index (χ0) is 19.1. The maximum Gasteiger partial charge on any atom is 0.268 e. The largest absolute Gasteiger partial charge is 0.347 e. The van der Waals surface area contributed by atoms with E-state index in [2.05, 4.69) is 10.3 Å². The second kappa shape index (κ2) is 6.35. The van der Waals surface area contributed by atoms with Crippen molar-refractivity contribution in [3.05, 3.63) is 81.7 Å². The first kappa shape index (κ1) is 17.0. The predicted octanol–water partition coefficient (Wildman–Crippen LogP) is 2.56. The van der Waals surface area contributed by atoms with Crippen LogP contribution >= 0.6 is 0 Å². The molecule has 0 aliphatic heterocycles. The minimum atomic E-state index is -0.329. The Labute approximate surface area is 153 Å². The molecule has 4 rings (SSSR count). The lowest BCUT2D eigenvalue weighted by molar-refractivity contribution is 0.0943. The molecular weight excluding hydrogens is 347 g/mol. The van der Waals surface area contributed by atoms with Gasteiger partial charge in [0.15, 0.2) is 0 Å². The van der Waals surface area contributed by atoms with E-state index in [1.807, 2.05) is 13.0 Å². The van der Waals surface area contributed by atoms with Gasteiger partial charge in [-0.15, -0.1) is 0 Å². The SMILES string of the molecule is Cc1ccc2nc3c(cc(C(=O)NCc4ccc(F)cc4)n3C)c(=O)n2c1. The molecule has 0 spiro atoms. The molecule has 1 amide bonds. The van der Waals surface area contributed by atoms with Gasteiger partial charge in [-0.1, -0.05) is 18.2 Å². The molecule has 7 heteroatoms. The minimum Gasteiger partial charge on any atom is -0.347 e. The molecule has 27 heavy (non-hydrogen) atoms. The van der Waals surface area contributed by atoms with Gasteiger partial charge < -0.3 is 9.88 Å². The van der Waals surface area contributed by atoms with Crippen LogP contribution in [0.25, 0.3) is 16.7 Å². The number of fused-ring (bicyclic) bond motifs is 2. The summed E-state index contributed by atoms with van der Waals surface area (Å²) < 4.78 is 16.1. The van der Waals surface area contributed by atoms with Crippen LogP contribution < -0.4 is 10.9 Å². The number of nitrogens with one attached hydrogen (secondary N) is 1. The van der Waals surface area contributed by atoms with Gasteiger partial charge in [0.1, 0.15) is 22.8 Å². The Bertz CT molecular complexity index is 1240. The summed E-state index contributed by atoms with van der Waals surface area (Å²) in [7, 11) is 1.70. The summed E-state index contributed by atoms with van der Waals surface area (Å²) >= 11 is 0. The summed E-state index contributed by atoms with van der Waals surface area (Å²) in [6, 6.07) is 11.1. The van der Waals surface area contributed by atoms with Crippen LogP contribution in [0.4, 0.5) is 4.39 Å². The minimum absolute atomic E-state index is 0.216. The number of rotatable bonds is 3. The maximum absolute atomic E-state index is 13.0. The van der Waals surface area contributed by atoms with Crippen molar-refractivity contribution in [2.75, 3.05) is 0 Å². The molecule has 0 aliphatic carbocycles. The number of hydrogen-bond donors (Lipinski definition) is 1. The number of carbonyl (C=O) groups excluding carboxylic acids is 1. The van der Waals surface area contributed by atoms with Gasteiger partial charge in [0.25, 0.3) is 11.5 Å². The van der Waals surface area contributed by atoms with Gasteiger partial charge in [-0.25, -0.2) is 9.37 Å². The number of pyridine rings is 1. The Morgan fingerprint density at radius 3 is 2.67 bits per heavy atom. The molecule has 0 unspecified atom stereocenters. The summed E-state index contributed by atoms with van der Waals surface area (Å²) in [5.74, 6) is -0.655. The molecule has 0 aliphatic rings. The van der Waals surface area contributed by atoms with Crippen LogP contribution in [-0.2, 0) is 13.6 Å². The van der Waals surface area contributed by atoms with Crippen LogP contribution in [0.3, 0.4) is 0 Å².